The molecule has 1 saturated heterocycles. The summed E-state index contributed by atoms with van der Waals surface area (Å²) in [5, 5.41) is 19.8. The lowest BCUT2D eigenvalue weighted by Gasteiger charge is -2.27. The van der Waals surface area contributed by atoms with E-state index in [1.54, 1.807) is 13.1 Å². The highest BCUT2D eigenvalue weighted by atomic mass is 32.1. The maximum Gasteiger partial charge on any atom is 0.323 e. The number of carboxylic acid groups (broad SMARTS) is 1. The van der Waals surface area contributed by atoms with E-state index in [1.807, 2.05) is 19.2 Å². The Morgan fingerprint density at radius 1 is 1.61 bits per heavy atom. The summed E-state index contributed by atoms with van der Waals surface area (Å²) in [6.45, 7) is 5.80. The van der Waals surface area contributed by atoms with Crippen LogP contribution in [0.4, 0.5) is 0 Å². The van der Waals surface area contributed by atoms with Gasteiger partial charge in [-0.2, -0.15) is 4.98 Å². The number of aryl methyl sites for hydroxylation is 1. The van der Waals surface area contributed by atoms with Crippen LogP contribution < -0.4 is 5.32 Å². The van der Waals surface area contributed by atoms with Gasteiger partial charge in [0.15, 0.2) is 5.82 Å². The Morgan fingerprint density at radius 2 is 2.39 bits per heavy atom. The highest BCUT2D eigenvalue weighted by Crippen LogP contribution is 2.46. The van der Waals surface area contributed by atoms with E-state index >= 15 is 0 Å². The molecule has 0 unspecified atom stereocenters. The quantitative estimate of drug-likeness (QED) is 0.865. The van der Waals surface area contributed by atoms with Crippen LogP contribution >= 0.6 is 11.3 Å². The van der Waals surface area contributed by atoms with Gasteiger partial charge in [-0.3, -0.25) is 10.1 Å². The number of carboxylic acids is 1. The zero-order valence-electron chi connectivity index (χ0n) is 13.3. The number of hydrogen-bond acceptors (Lipinski definition) is 7. The topological polar surface area (TPSA) is 101 Å². The SMILES string of the molecule is Cc1noc([C@@H]2C[C@@](CC(C)C)(C(=O)O)N[C@H]2c2nccs2)n1. The smallest absolute Gasteiger partial charge is 0.323 e. The number of carbonyl (C=O) groups is 1. The van der Waals surface area contributed by atoms with Gasteiger partial charge in [-0.05, 0) is 25.7 Å². The van der Waals surface area contributed by atoms with Gasteiger partial charge in [-0.15, -0.1) is 11.3 Å². The van der Waals surface area contributed by atoms with Crippen molar-refractivity contribution in [2.45, 2.75) is 51.1 Å². The molecule has 2 aromatic heterocycles. The number of rotatable bonds is 5. The molecular formula is C15H20N4O3S. The van der Waals surface area contributed by atoms with Crippen molar-refractivity contribution in [2.24, 2.45) is 5.92 Å². The molecule has 124 valence electrons. The van der Waals surface area contributed by atoms with Crippen molar-refractivity contribution >= 4 is 17.3 Å². The summed E-state index contributed by atoms with van der Waals surface area (Å²) >= 11 is 1.50. The fraction of sp³-hybridized carbons (Fsp3) is 0.600. The summed E-state index contributed by atoms with van der Waals surface area (Å²) in [7, 11) is 0. The summed E-state index contributed by atoms with van der Waals surface area (Å²) < 4.78 is 5.34. The van der Waals surface area contributed by atoms with Crippen LogP contribution in [0.15, 0.2) is 16.1 Å². The Hall–Kier alpha value is -1.80. The van der Waals surface area contributed by atoms with Crippen molar-refractivity contribution in [1.29, 1.82) is 0 Å². The molecule has 7 nitrogen and oxygen atoms in total. The van der Waals surface area contributed by atoms with Crippen LogP contribution in [0.2, 0.25) is 0 Å². The number of aromatic nitrogens is 3. The molecule has 23 heavy (non-hydrogen) atoms. The Bertz CT molecular complexity index is 685. The molecule has 3 rings (SSSR count). The molecule has 1 aliphatic heterocycles. The monoisotopic (exact) mass is 336 g/mol. The minimum atomic E-state index is -1.00. The third-order valence-corrected chi connectivity index (χ3v) is 5.01. The molecule has 8 heteroatoms. The molecule has 1 fully saturated rings. The van der Waals surface area contributed by atoms with E-state index in [1.165, 1.54) is 11.3 Å². The normalized spacial score (nSPS) is 27.7. The van der Waals surface area contributed by atoms with E-state index in [9.17, 15) is 9.90 Å². The van der Waals surface area contributed by atoms with Gasteiger partial charge in [-0.1, -0.05) is 19.0 Å². The molecule has 0 amide bonds. The van der Waals surface area contributed by atoms with Crippen molar-refractivity contribution in [3.05, 3.63) is 28.3 Å². The number of hydrogen-bond donors (Lipinski definition) is 2. The maximum absolute atomic E-state index is 12.0. The van der Waals surface area contributed by atoms with E-state index in [2.05, 4.69) is 20.4 Å². The van der Waals surface area contributed by atoms with E-state index < -0.39 is 11.5 Å². The Labute approximate surface area is 138 Å². The van der Waals surface area contributed by atoms with Crippen LogP contribution in [-0.2, 0) is 4.79 Å². The molecule has 1 aliphatic rings. The fourth-order valence-corrected chi connectivity index (χ4v) is 4.09. The predicted octanol–water partition coefficient (Wildman–Crippen LogP) is 2.52. The van der Waals surface area contributed by atoms with Gasteiger partial charge < -0.3 is 9.63 Å². The number of thiazole rings is 1. The van der Waals surface area contributed by atoms with Gasteiger partial charge in [0.1, 0.15) is 10.5 Å². The number of nitrogens with zero attached hydrogens (tertiary/aromatic N) is 3. The molecule has 0 saturated carbocycles. The standard InChI is InChI=1S/C15H20N4O3S/c1-8(2)6-15(14(20)21)7-10(12-17-9(3)19-22-12)11(18-15)13-16-4-5-23-13/h4-5,8,10-11,18H,6-7H2,1-3H3,(H,20,21)/t10-,11-,15+/m1/s1. The Morgan fingerprint density at radius 3 is 2.91 bits per heavy atom. The lowest BCUT2D eigenvalue weighted by molar-refractivity contribution is -0.145. The van der Waals surface area contributed by atoms with Gasteiger partial charge in [0.25, 0.3) is 0 Å². The van der Waals surface area contributed by atoms with Crippen molar-refractivity contribution < 1.29 is 14.4 Å². The summed E-state index contributed by atoms with van der Waals surface area (Å²) in [5.74, 6) is 0.235. The summed E-state index contributed by atoms with van der Waals surface area (Å²) in [5.41, 5.74) is -1.00. The molecule has 0 bridgehead atoms. The molecule has 3 atom stereocenters. The first-order valence-corrected chi connectivity index (χ1v) is 8.50. The lowest BCUT2D eigenvalue weighted by atomic mass is 9.84. The minimum Gasteiger partial charge on any atom is -0.480 e. The summed E-state index contributed by atoms with van der Waals surface area (Å²) in [6.07, 6.45) is 2.67. The van der Waals surface area contributed by atoms with Crippen molar-refractivity contribution in [1.82, 2.24) is 20.4 Å². The zero-order valence-corrected chi connectivity index (χ0v) is 14.1. The molecule has 0 aliphatic carbocycles. The van der Waals surface area contributed by atoms with Crippen LogP contribution in [-0.4, -0.2) is 31.7 Å². The zero-order chi connectivity index (χ0) is 16.6. The lowest BCUT2D eigenvalue weighted by Crippen LogP contribution is -2.49. The number of aliphatic carboxylic acids is 1. The van der Waals surface area contributed by atoms with E-state index in [-0.39, 0.29) is 17.9 Å². The second kappa shape index (κ2) is 6.01. The molecule has 0 radical (unpaired) electrons. The van der Waals surface area contributed by atoms with Crippen molar-refractivity contribution in [2.75, 3.05) is 0 Å². The van der Waals surface area contributed by atoms with Gasteiger partial charge >= 0.3 is 5.97 Å². The summed E-state index contributed by atoms with van der Waals surface area (Å²) in [6, 6.07) is -0.232. The first-order valence-electron chi connectivity index (χ1n) is 7.62. The first kappa shape index (κ1) is 16.1. The second-order valence-corrected chi connectivity index (χ2v) is 7.39. The predicted molar refractivity (Wildman–Crippen MR) is 84.2 cm³/mol. The van der Waals surface area contributed by atoms with E-state index in [0.717, 1.165) is 5.01 Å². The van der Waals surface area contributed by atoms with Gasteiger partial charge in [-0.25, -0.2) is 4.98 Å². The average molecular weight is 336 g/mol. The minimum absolute atomic E-state index is 0.197. The number of nitrogens with one attached hydrogen (secondary N) is 1. The van der Waals surface area contributed by atoms with Gasteiger partial charge in [0.05, 0.1) is 12.0 Å². The Kier molecular flexibility index (Phi) is 4.20. The molecular weight excluding hydrogens is 316 g/mol. The molecule has 3 heterocycles. The highest BCUT2D eigenvalue weighted by molar-refractivity contribution is 7.09. The largest absolute Gasteiger partial charge is 0.480 e. The second-order valence-electron chi connectivity index (χ2n) is 6.47. The third kappa shape index (κ3) is 3.00. The van der Waals surface area contributed by atoms with Gasteiger partial charge in [0.2, 0.25) is 5.89 Å². The van der Waals surface area contributed by atoms with E-state index in [0.29, 0.717) is 24.6 Å². The third-order valence-electron chi connectivity index (χ3n) is 4.15. The van der Waals surface area contributed by atoms with Crippen LogP contribution in [0.5, 0.6) is 0 Å². The molecule has 2 aromatic rings. The maximum atomic E-state index is 12.0. The molecule has 0 spiro atoms. The van der Waals surface area contributed by atoms with Crippen LogP contribution in [0.25, 0.3) is 0 Å². The van der Waals surface area contributed by atoms with Crippen molar-refractivity contribution in [3.8, 4) is 0 Å². The summed E-state index contributed by atoms with van der Waals surface area (Å²) in [4.78, 5) is 20.7. The van der Waals surface area contributed by atoms with Crippen molar-refractivity contribution in [3.63, 3.8) is 0 Å². The average Bonchev–Trinajstić information content (AvgIpc) is 3.16. The Balaban J connectivity index is 2.00. The van der Waals surface area contributed by atoms with Gasteiger partial charge in [0, 0.05) is 11.6 Å². The first-order chi connectivity index (χ1) is 10.9. The fourth-order valence-electron chi connectivity index (χ4n) is 3.34. The molecule has 0 aromatic carbocycles. The molecule has 2 N–H and O–H groups in total. The van der Waals surface area contributed by atoms with Crippen LogP contribution in [0.1, 0.15) is 55.4 Å². The van der Waals surface area contributed by atoms with E-state index in [4.69, 9.17) is 4.52 Å². The van der Waals surface area contributed by atoms with Crippen LogP contribution in [0.3, 0.4) is 0 Å². The highest BCUT2D eigenvalue weighted by Gasteiger charge is 2.53. The van der Waals surface area contributed by atoms with Crippen LogP contribution in [0, 0.1) is 12.8 Å².